The van der Waals surface area contributed by atoms with Gasteiger partial charge in [-0.25, -0.2) is 0 Å². The lowest BCUT2D eigenvalue weighted by Crippen LogP contribution is -2.50. The minimum atomic E-state index is -0.615. The van der Waals surface area contributed by atoms with Crippen LogP contribution < -0.4 is 11.1 Å². The van der Waals surface area contributed by atoms with Crippen LogP contribution in [0.4, 0.5) is 0 Å². The van der Waals surface area contributed by atoms with Crippen LogP contribution in [0.1, 0.15) is 31.2 Å². The molecule has 1 amide bonds. The number of nitrogens with two attached hydrogens (primary N) is 1. The van der Waals surface area contributed by atoms with Crippen molar-refractivity contribution in [1.29, 1.82) is 0 Å². The van der Waals surface area contributed by atoms with Crippen LogP contribution in [0.15, 0.2) is 24.3 Å². The van der Waals surface area contributed by atoms with Crippen molar-refractivity contribution in [3.05, 3.63) is 29.8 Å². The maximum Gasteiger partial charge on any atom is 0.237 e. The van der Waals surface area contributed by atoms with E-state index in [1.165, 1.54) is 0 Å². The molecule has 1 aromatic rings. The lowest BCUT2D eigenvalue weighted by molar-refractivity contribution is -0.123. The number of phenolic OH excluding ortho intramolecular Hbond substituents is 1. The van der Waals surface area contributed by atoms with E-state index in [0.29, 0.717) is 6.42 Å². The smallest absolute Gasteiger partial charge is 0.237 e. The third kappa shape index (κ3) is 4.44. The first-order chi connectivity index (χ1) is 10.1. The molecule has 0 saturated heterocycles. The van der Waals surface area contributed by atoms with E-state index in [9.17, 15) is 15.0 Å². The molecule has 5 nitrogen and oxygen atoms in total. The molecule has 0 bridgehead atoms. The Labute approximate surface area is 125 Å². The molecule has 5 heteroatoms. The molecule has 2 rings (SSSR count). The van der Waals surface area contributed by atoms with Gasteiger partial charge in [0.25, 0.3) is 0 Å². The summed E-state index contributed by atoms with van der Waals surface area (Å²) in [5.74, 6) is 0.168. The Morgan fingerprint density at radius 2 is 1.95 bits per heavy atom. The lowest BCUT2D eigenvalue weighted by Gasteiger charge is -2.31. The van der Waals surface area contributed by atoms with E-state index >= 15 is 0 Å². The Hall–Kier alpha value is -1.59. The number of hydrogen-bond donors (Lipinski definition) is 4. The number of hydrogen-bond acceptors (Lipinski definition) is 4. The normalized spacial score (nSPS) is 23.5. The summed E-state index contributed by atoms with van der Waals surface area (Å²) in [5.41, 5.74) is 6.87. The Morgan fingerprint density at radius 3 is 2.62 bits per heavy atom. The molecule has 0 aliphatic heterocycles. The molecule has 1 aromatic carbocycles. The van der Waals surface area contributed by atoms with Crippen LogP contribution in [-0.4, -0.2) is 34.8 Å². The summed E-state index contributed by atoms with van der Waals surface area (Å²) in [7, 11) is 0. The number of aliphatic hydroxyl groups is 1. The zero-order valence-electron chi connectivity index (χ0n) is 12.2. The van der Waals surface area contributed by atoms with Crippen molar-refractivity contribution in [3.63, 3.8) is 0 Å². The summed E-state index contributed by atoms with van der Waals surface area (Å²) < 4.78 is 0. The predicted molar refractivity (Wildman–Crippen MR) is 80.8 cm³/mol. The van der Waals surface area contributed by atoms with Crippen LogP contribution in [0.25, 0.3) is 0 Å². The van der Waals surface area contributed by atoms with Crippen LogP contribution in [0.5, 0.6) is 5.75 Å². The number of phenols is 1. The molecule has 116 valence electrons. The quantitative estimate of drug-likeness (QED) is 0.649. The molecule has 0 radical (unpaired) electrons. The number of carbonyl (C=O) groups excluding carboxylic acids is 1. The molecule has 1 fully saturated rings. The molecule has 5 N–H and O–H groups in total. The Morgan fingerprint density at radius 1 is 1.29 bits per heavy atom. The summed E-state index contributed by atoms with van der Waals surface area (Å²) in [4.78, 5) is 12.2. The van der Waals surface area contributed by atoms with Crippen LogP contribution in [-0.2, 0) is 11.2 Å². The highest BCUT2D eigenvalue weighted by Gasteiger charge is 2.27. The van der Waals surface area contributed by atoms with Crippen molar-refractivity contribution in [1.82, 2.24) is 5.32 Å². The van der Waals surface area contributed by atoms with Gasteiger partial charge in [0.15, 0.2) is 0 Å². The van der Waals surface area contributed by atoms with Gasteiger partial charge in [0.05, 0.1) is 6.04 Å². The largest absolute Gasteiger partial charge is 0.508 e. The first-order valence-electron chi connectivity index (χ1n) is 7.55. The van der Waals surface area contributed by atoms with E-state index in [1.807, 2.05) is 0 Å². The van der Waals surface area contributed by atoms with E-state index < -0.39 is 6.04 Å². The van der Waals surface area contributed by atoms with Crippen LogP contribution >= 0.6 is 0 Å². The molecular weight excluding hydrogens is 268 g/mol. The fourth-order valence-corrected chi connectivity index (χ4v) is 2.88. The molecule has 1 saturated carbocycles. The number of rotatable bonds is 5. The van der Waals surface area contributed by atoms with Crippen molar-refractivity contribution < 1.29 is 15.0 Å². The fraction of sp³-hybridized carbons (Fsp3) is 0.562. The lowest BCUT2D eigenvalue weighted by atomic mass is 9.85. The number of carbonyl (C=O) groups is 1. The van der Waals surface area contributed by atoms with Gasteiger partial charge in [0.2, 0.25) is 5.91 Å². The van der Waals surface area contributed by atoms with Gasteiger partial charge in [0, 0.05) is 18.6 Å². The van der Waals surface area contributed by atoms with E-state index in [-0.39, 0.29) is 30.2 Å². The second-order valence-electron chi connectivity index (χ2n) is 5.82. The van der Waals surface area contributed by atoms with Crippen molar-refractivity contribution in [2.24, 2.45) is 11.7 Å². The highest BCUT2D eigenvalue weighted by atomic mass is 16.3. The SMILES string of the molecule is N[C@@H](Cc1ccc(O)cc1)C(=O)NC1CCCCC1CO. The second kappa shape index (κ2) is 7.43. The van der Waals surface area contributed by atoms with Gasteiger partial charge in [-0.05, 0) is 37.0 Å². The van der Waals surface area contributed by atoms with Crippen molar-refractivity contribution >= 4 is 5.91 Å². The van der Waals surface area contributed by atoms with Crippen LogP contribution in [0.3, 0.4) is 0 Å². The summed E-state index contributed by atoms with van der Waals surface area (Å²) in [6.45, 7) is 0.109. The zero-order chi connectivity index (χ0) is 15.2. The first-order valence-corrected chi connectivity index (χ1v) is 7.55. The zero-order valence-corrected chi connectivity index (χ0v) is 12.2. The highest BCUT2D eigenvalue weighted by Crippen LogP contribution is 2.24. The van der Waals surface area contributed by atoms with Gasteiger partial charge >= 0.3 is 0 Å². The van der Waals surface area contributed by atoms with Gasteiger partial charge in [-0.3, -0.25) is 4.79 Å². The molecule has 1 aliphatic carbocycles. The number of aromatic hydroxyl groups is 1. The molecule has 0 aromatic heterocycles. The molecule has 0 spiro atoms. The average molecular weight is 292 g/mol. The predicted octanol–water partition coefficient (Wildman–Crippen LogP) is 0.929. The van der Waals surface area contributed by atoms with E-state index in [4.69, 9.17) is 5.73 Å². The molecule has 0 heterocycles. The van der Waals surface area contributed by atoms with Crippen LogP contribution in [0.2, 0.25) is 0 Å². The molecule has 1 aliphatic rings. The summed E-state index contributed by atoms with van der Waals surface area (Å²) in [6, 6.07) is 6.11. The molecule has 2 unspecified atom stereocenters. The van der Waals surface area contributed by atoms with Crippen molar-refractivity contribution in [2.75, 3.05) is 6.61 Å². The summed E-state index contributed by atoms with van der Waals surface area (Å²) >= 11 is 0. The number of nitrogens with one attached hydrogen (secondary N) is 1. The van der Waals surface area contributed by atoms with Crippen molar-refractivity contribution in [3.8, 4) is 5.75 Å². The summed E-state index contributed by atoms with van der Waals surface area (Å²) in [5, 5.41) is 21.6. The number of benzene rings is 1. The molecule has 3 atom stereocenters. The van der Waals surface area contributed by atoms with Gasteiger partial charge in [-0.2, -0.15) is 0 Å². The highest BCUT2D eigenvalue weighted by molar-refractivity contribution is 5.82. The standard InChI is InChI=1S/C16H24N2O3/c17-14(9-11-5-7-13(20)8-6-11)16(21)18-15-4-2-1-3-12(15)10-19/h5-8,12,14-15,19-20H,1-4,9-10,17H2,(H,18,21)/t12?,14-,15?/m0/s1. The monoisotopic (exact) mass is 292 g/mol. The Balaban J connectivity index is 1.88. The number of amides is 1. The topological polar surface area (TPSA) is 95.6 Å². The van der Waals surface area contributed by atoms with Gasteiger partial charge in [-0.1, -0.05) is 25.0 Å². The van der Waals surface area contributed by atoms with E-state index in [1.54, 1.807) is 24.3 Å². The van der Waals surface area contributed by atoms with Crippen molar-refractivity contribution in [2.45, 2.75) is 44.2 Å². The Kier molecular flexibility index (Phi) is 5.59. The maximum absolute atomic E-state index is 12.2. The minimum absolute atomic E-state index is 0.0297. The van der Waals surface area contributed by atoms with Gasteiger partial charge in [0.1, 0.15) is 5.75 Å². The first kappa shape index (κ1) is 15.8. The number of aliphatic hydroxyl groups excluding tert-OH is 1. The molecular formula is C16H24N2O3. The average Bonchev–Trinajstić information content (AvgIpc) is 2.50. The maximum atomic E-state index is 12.2. The fourth-order valence-electron chi connectivity index (χ4n) is 2.88. The second-order valence-corrected chi connectivity index (χ2v) is 5.82. The van der Waals surface area contributed by atoms with E-state index in [0.717, 1.165) is 31.2 Å². The molecule has 21 heavy (non-hydrogen) atoms. The van der Waals surface area contributed by atoms with Crippen LogP contribution in [0, 0.1) is 5.92 Å². The third-order valence-electron chi connectivity index (χ3n) is 4.20. The van der Waals surface area contributed by atoms with Gasteiger partial charge < -0.3 is 21.3 Å². The third-order valence-corrected chi connectivity index (χ3v) is 4.20. The minimum Gasteiger partial charge on any atom is -0.508 e. The summed E-state index contributed by atoms with van der Waals surface area (Å²) in [6.07, 6.45) is 4.48. The van der Waals surface area contributed by atoms with Gasteiger partial charge in [-0.15, -0.1) is 0 Å². The Bertz CT molecular complexity index is 461. The van der Waals surface area contributed by atoms with E-state index in [2.05, 4.69) is 5.32 Å².